The number of alkyl halides is 3. The van der Waals surface area contributed by atoms with Crippen molar-refractivity contribution < 1.29 is 40.1 Å². The molecule has 10 heteroatoms. The number of carbonyl (C=O) groups excluding carboxylic acids is 1. The van der Waals surface area contributed by atoms with Gasteiger partial charge in [-0.3, -0.25) is 0 Å². The van der Waals surface area contributed by atoms with Gasteiger partial charge in [-0.1, -0.05) is 0 Å². The van der Waals surface area contributed by atoms with Crippen LogP contribution in [0, 0.1) is 0 Å². The number of carboxylic acids is 1. The quantitative estimate of drug-likeness (QED) is 0.340. The molecule has 0 atom stereocenters. The van der Waals surface area contributed by atoms with Crippen LogP contribution in [0.2, 0.25) is 0 Å². The van der Waals surface area contributed by atoms with Gasteiger partial charge in [-0.2, -0.15) is 21.6 Å². The van der Waals surface area contributed by atoms with Crippen LogP contribution < -0.4 is 5.11 Å². The molecule has 0 aromatic carbocycles. The molecule has 0 unspecified atom stereocenters. The zero-order valence-corrected chi connectivity index (χ0v) is 9.12. The van der Waals surface area contributed by atoms with Gasteiger partial charge in [0.05, 0.1) is 12.2 Å². The van der Waals surface area contributed by atoms with Gasteiger partial charge in [0, 0.05) is 6.08 Å². The van der Waals surface area contributed by atoms with Crippen molar-refractivity contribution in [2.24, 2.45) is 0 Å². The molecule has 0 fully saturated rings. The van der Waals surface area contributed by atoms with Crippen molar-refractivity contribution in [1.29, 1.82) is 0 Å². The van der Waals surface area contributed by atoms with E-state index in [1.54, 1.807) is 0 Å². The first-order valence-corrected chi connectivity index (χ1v) is 5.51. The van der Waals surface area contributed by atoms with E-state index in [4.69, 9.17) is 0 Å². The minimum atomic E-state index is -5.99. The lowest BCUT2D eigenvalue weighted by Crippen LogP contribution is -2.26. The number of aliphatic carboxylic acids is 1. The number of furan rings is 1. The molecule has 0 bridgehead atoms. The third kappa shape index (κ3) is 3.26. The van der Waals surface area contributed by atoms with Gasteiger partial charge in [0.1, 0.15) is 0 Å². The second-order valence-electron chi connectivity index (χ2n) is 2.79. The molecule has 1 heterocycles. The Hall–Kier alpha value is -1.97. The van der Waals surface area contributed by atoms with E-state index in [0.29, 0.717) is 0 Å². The van der Waals surface area contributed by atoms with Crippen molar-refractivity contribution in [2.45, 2.75) is 5.51 Å². The monoisotopic (exact) mass is 285 g/mol. The second-order valence-corrected chi connectivity index (χ2v) is 4.33. The van der Waals surface area contributed by atoms with E-state index in [2.05, 4.69) is 8.60 Å². The first-order chi connectivity index (χ1) is 8.13. The Kier molecular flexibility index (Phi) is 3.70. The maximum atomic E-state index is 12.0. The number of halogens is 3. The molecule has 100 valence electrons. The molecule has 18 heavy (non-hydrogen) atoms. The van der Waals surface area contributed by atoms with Gasteiger partial charge in [-0.25, -0.2) is 0 Å². The summed E-state index contributed by atoms with van der Waals surface area (Å²) in [5, 5.41) is 10.3. The van der Waals surface area contributed by atoms with E-state index in [0.717, 1.165) is 12.3 Å². The van der Waals surface area contributed by atoms with Gasteiger partial charge < -0.3 is 18.5 Å². The van der Waals surface area contributed by atoms with E-state index in [9.17, 15) is 31.5 Å². The Labute approximate surface area is 98.4 Å². The number of carboxylic acid groups (broad SMARTS) is 1. The number of hydrogen-bond acceptors (Lipinski definition) is 6. The molecule has 0 aliphatic rings. The number of rotatable bonds is 4. The average Bonchev–Trinajstić information content (AvgIpc) is 2.65. The van der Waals surface area contributed by atoms with Gasteiger partial charge in [-0.15, -0.1) is 0 Å². The minimum absolute atomic E-state index is 0.0299. The fourth-order valence-electron chi connectivity index (χ4n) is 0.827. The molecule has 0 aliphatic heterocycles. The van der Waals surface area contributed by atoms with E-state index >= 15 is 0 Å². The average molecular weight is 285 g/mol. The summed E-state index contributed by atoms with van der Waals surface area (Å²) in [6.07, 6.45) is 1.02. The van der Waals surface area contributed by atoms with Crippen LogP contribution >= 0.6 is 0 Å². The standard InChI is InChI=1S/C8H5F3O6S/c9-8(10,11)18(14,15)17-6(4-7(12)13)5-2-1-3-16-5/h1-4H,(H,12,13)/p-1/b6-4-. The van der Waals surface area contributed by atoms with Crippen LogP contribution in [-0.4, -0.2) is 19.9 Å². The third-order valence-electron chi connectivity index (χ3n) is 1.50. The van der Waals surface area contributed by atoms with Crippen molar-refractivity contribution in [2.75, 3.05) is 0 Å². The lowest BCUT2D eigenvalue weighted by Gasteiger charge is -2.11. The maximum absolute atomic E-state index is 12.0. The molecule has 0 N–H and O–H groups in total. The topological polar surface area (TPSA) is 96.6 Å². The summed E-state index contributed by atoms with van der Waals surface area (Å²) in [4.78, 5) is 10.3. The highest BCUT2D eigenvalue weighted by molar-refractivity contribution is 7.87. The Morgan fingerprint density at radius 3 is 2.44 bits per heavy atom. The molecule has 0 radical (unpaired) electrons. The van der Waals surface area contributed by atoms with Crippen LogP contribution in [0.25, 0.3) is 5.76 Å². The largest absolute Gasteiger partial charge is 0.545 e. The predicted octanol–water partition coefficient (Wildman–Crippen LogP) is 0.237. The van der Waals surface area contributed by atoms with Gasteiger partial charge in [0.25, 0.3) is 0 Å². The number of carbonyl (C=O) groups is 1. The van der Waals surface area contributed by atoms with Crippen LogP contribution in [0.5, 0.6) is 0 Å². The van der Waals surface area contributed by atoms with Crippen LogP contribution in [0.15, 0.2) is 28.9 Å². The summed E-state index contributed by atoms with van der Waals surface area (Å²) in [5.74, 6) is -3.59. The van der Waals surface area contributed by atoms with Crippen molar-refractivity contribution >= 4 is 21.8 Å². The van der Waals surface area contributed by atoms with Gasteiger partial charge in [0.15, 0.2) is 11.5 Å². The molecule has 1 aromatic rings. The smallest absolute Gasteiger partial charge is 0.534 e. The Bertz CT molecular complexity index is 554. The van der Waals surface area contributed by atoms with E-state index in [1.807, 2.05) is 0 Å². The molecule has 1 rings (SSSR count). The Morgan fingerprint density at radius 1 is 1.44 bits per heavy atom. The molecular weight excluding hydrogens is 281 g/mol. The van der Waals surface area contributed by atoms with E-state index in [1.165, 1.54) is 6.07 Å². The minimum Gasteiger partial charge on any atom is -0.545 e. The highest BCUT2D eigenvalue weighted by Gasteiger charge is 2.49. The van der Waals surface area contributed by atoms with Gasteiger partial charge in [0.2, 0.25) is 0 Å². The van der Waals surface area contributed by atoms with E-state index < -0.39 is 33.1 Å². The molecule has 0 saturated heterocycles. The van der Waals surface area contributed by atoms with Crippen molar-refractivity contribution in [3.63, 3.8) is 0 Å². The molecule has 0 aliphatic carbocycles. The van der Waals surface area contributed by atoms with Gasteiger partial charge >= 0.3 is 15.6 Å². The molecule has 0 amide bonds. The zero-order chi connectivity index (χ0) is 14.0. The lowest BCUT2D eigenvalue weighted by molar-refractivity contribution is -0.297. The Balaban J connectivity index is 3.14. The normalized spacial score (nSPS) is 13.4. The Morgan fingerprint density at radius 2 is 2.06 bits per heavy atom. The second kappa shape index (κ2) is 4.72. The van der Waals surface area contributed by atoms with Crippen LogP contribution in [0.1, 0.15) is 5.76 Å². The fourth-order valence-corrected chi connectivity index (χ4v) is 1.29. The maximum Gasteiger partial charge on any atom is 0.534 e. The van der Waals surface area contributed by atoms with E-state index in [-0.39, 0.29) is 6.08 Å². The fraction of sp³-hybridized carbons (Fsp3) is 0.125. The predicted molar refractivity (Wildman–Crippen MR) is 47.8 cm³/mol. The highest BCUT2D eigenvalue weighted by atomic mass is 32.2. The summed E-state index contributed by atoms with van der Waals surface area (Å²) in [6.45, 7) is 0. The molecule has 0 spiro atoms. The van der Waals surface area contributed by atoms with Gasteiger partial charge in [-0.05, 0) is 12.1 Å². The van der Waals surface area contributed by atoms with Crippen molar-refractivity contribution in [3.05, 3.63) is 30.2 Å². The SMILES string of the molecule is O=C([O-])/C=C(\OS(=O)(=O)C(F)(F)F)c1ccco1. The van der Waals surface area contributed by atoms with Crippen molar-refractivity contribution in [3.8, 4) is 0 Å². The summed E-state index contributed by atoms with van der Waals surface area (Å²) < 4.78 is 65.7. The summed E-state index contributed by atoms with van der Waals surface area (Å²) in [7, 11) is -5.99. The molecule has 6 nitrogen and oxygen atoms in total. The highest BCUT2D eigenvalue weighted by Crippen LogP contribution is 2.29. The van der Waals surface area contributed by atoms with Crippen LogP contribution in [0.3, 0.4) is 0 Å². The van der Waals surface area contributed by atoms with Crippen molar-refractivity contribution in [1.82, 2.24) is 0 Å². The lowest BCUT2D eigenvalue weighted by atomic mass is 10.3. The summed E-state index contributed by atoms with van der Waals surface area (Å²) in [6, 6.07) is 2.21. The number of hydrogen-bond donors (Lipinski definition) is 0. The summed E-state index contributed by atoms with van der Waals surface area (Å²) >= 11 is 0. The molecule has 1 aromatic heterocycles. The molecular formula is C8H4F3O6S-. The molecule has 0 saturated carbocycles. The third-order valence-corrected chi connectivity index (χ3v) is 2.46. The zero-order valence-electron chi connectivity index (χ0n) is 8.30. The first kappa shape index (κ1) is 14.1. The van der Waals surface area contributed by atoms with Crippen LogP contribution in [0.4, 0.5) is 13.2 Å². The summed E-state index contributed by atoms with van der Waals surface area (Å²) in [5.41, 5.74) is -5.69. The first-order valence-electron chi connectivity index (χ1n) is 4.11. The van der Waals surface area contributed by atoms with Crippen LogP contribution in [-0.2, 0) is 19.1 Å².